The van der Waals surface area contributed by atoms with Crippen LogP contribution in [0.15, 0.2) is 28.3 Å². The third-order valence-electron chi connectivity index (χ3n) is 2.36. The maximum absolute atomic E-state index is 9.18. The van der Waals surface area contributed by atoms with Gasteiger partial charge in [0.05, 0.1) is 6.61 Å². The summed E-state index contributed by atoms with van der Waals surface area (Å²) < 4.78 is 0.794. The van der Waals surface area contributed by atoms with Gasteiger partial charge in [0.25, 0.3) is 0 Å². The Morgan fingerprint density at radius 1 is 1.69 bits per heavy atom. The molecule has 1 rings (SSSR count). The van der Waals surface area contributed by atoms with Crippen LogP contribution >= 0.6 is 15.9 Å². The number of allylic oxidation sites excluding steroid dienone is 2. The Balaban J connectivity index is 2.85. The van der Waals surface area contributed by atoms with Gasteiger partial charge >= 0.3 is 0 Å². The van der Waals surface area contributed by atoms with Crippen LogP contribution in [0.3, 0.4) is 0 Å². The van der Waals surface area contributed by atoms with Gasteiger partial charge in [0.15, 0.2) is 0 Å². The van der Waals surface area contributed by atoms with E-state index in [1.807, 2.05) is 13.0 Å². The predicted molar refractivity (Wildman–Crippen MR) is 59.1 cm³/mol. The SMILES string of the molecule is C=C/C(=N\C(Br)=C/C)C1(CO)CC1. The van der Waals surface area contributed by atoms with Crippen LogP contribution in [0.25, 0.3) is 0 Å². The van der Waals surface area contributed by atoms with Crippen LogP contribution in [-0.4, -0.2) is 17.4 Å². The van der Waals surface area contributed by atoms with Gasteiger partial charge in [-0.2, -0.15) is 0 Å². The van der Waals surface area contributed by atoms with E-state index in [4.69, 9.17) is 0 Å². The fourth-order valence-corrected chi connectivity index (χ4v) is 1.40. The Hall–Kier alpha value is -0.410. The summed E-state index contributed by atoms with van der Waals surface area (Å²) in [5.41, 5.74) is 0.795. The van der Waals surface area contributed by atoms with E-state index in [9.17, 15) is 5.11 Å². The number of aliphatic imine (C=N–C) groups is 1. The number of hydrogen-bond donors (Lipinski definition) is 1. The zero-order chi connectivity index (χ0) is 9.90. The van der Waals surface area contributed by atoms with Gasteiger partial charge in [-0.3, -0.25) is 0 Å². The van der Waals surface area contributed by atoms with Crippen LogP contribution in [-0.2, 0) is 0 Å². The molecule has 1 N–H and O–H groups in total. The van der Waals surface area contributed by atoms with Gasteiger partial charge in [-0.25, -0.2) is 4.99 Å². The minimum Gasteiger partial charge on any atom is -0.395 e. The molecule has 0 heterocycles. The minimum atomic E-state index is -0.0935. The second-order valence-corrected chi connectivity index (χ2v) is 4.06. The molecule has 1 aliphatic carbocycles. The van der Waals surface area contributed by atoms with Crippen LogP contribution in [0.4, 0.5) is 0 Å². The van der Waals surface area contributed by atoms with Gasteiger partial charge in [-0.1, -0.05) is 12.7 Å². The first-order valence-corrected chi connectivity index (χ1v) is 5.12. The summed E-state index contributed by atoms with van der Waals surface area (Å²) in [5, 5.41) is 9.18. The second-order valence-electron chi connectivity index (χ2n) is 3.25. The standard InChI is InChI=1S/C10H14BrNO/c1-3-8(12-9(11)4-2)10(7-13)5-6-10/h3-4,13H,1,5-7H2,2H3/b9-4-,12-8+. The zero-order valence-corrected chi connectivity index (χ0v) is 9.34. The predicted octanol–water partition coefficient (Wildman–Crippen LogP) is 2.64. The Kier molecular flexibility index (Phi) is 3.45. The third-order valence-corrected chi connectivity index (χ3v) is 2.99. The van der Waals surface area contributed by atoms with Gasteiger partial charge in [-0.05, 0) is 41.8 Å². The fourth-order valence-electron chi connectivity index (χ4n) is 1.21. The molecule has 0 aromatic rings. The molecule has 0 spiro atoms. The summed E-state index contributed by atoms with van der Waals surface area (Å²) in [4.78, 5) is 4.33. The van der Waals surface area contributed by atoms with Crippen molar-refractivity contribution in [1.29, 1.82) is 0 Å². The van der Waals surface area contributed by atoms with Gasteiger partial charge in [-0.15, -0.1) is 0 Å². The first kappa shape index (κ1) is 10.7. The van der Waals surface area contributed by atoms with Crippen LogP contribution in [0.2, 0.25) is 0 Å². The van der Waals surface area contributed by atoms with Crippen LogP contribution in [0.5, 0.6) is 0 Å². The number of aliphatic hydroxyl groups is 1. The average molecular weight is 244 g/mol. The smallest absolute Gasteiger partial charge is 0.102 e. The summed E-state index contributed by atoms with van der Waals surface area (Å²) in [6, 6.07) is 0. The van der Waals surface area contributed by atoms with Crippen molar-refractivity contribution in [2.75, 3.05) is 6.61 Å². The fraction of sp³-hybridized carbons (Fsp3) is 0.500. The molecule has 0 aromatic heterocycles. The summed E-state index contributed by atoms with van der Waals surface area (Å²) in [5.74, 6) is 0. The normalized spacial score (nSPS) is 21.5. The van der Waals surface area contributed by atoms with E-state index in [0.717, 1.165) is 23.2 Å². The molecule has 0 amide bonds. The maximum atomic E-state index is 9.18. The van der Waals surface area contributed by atoms with E-state index in [1.54, 1.807) is 6.08 Å². The summed E-state index contributed by atoms with van der Waals surface area (Å²) >= 11 is 3.31. The third kappa shape index (κ3) is 2.29. The lowest BCUT2D eigenvalue weighted by molar-refractivity contribution is 0.252. The first-order chi connectivity index (χ1) is 6.18. The molecule has 0 saturated heterocycles. The Morgan fingerprint density at radius 2 is 2.31 bits per heavy atom. The van der Waals surface area contributed by atoms with Crippen molar-refractivity contribution in [1.82, 2.24) is 0 Å². The molecule has 0 radical (unpaired) electrons. The van der Waals surface area contributed by atoms with Gasteiger partial charge in [0.2, 0.25) is 0 Å². The lowest BCUT2D eigenvalue weighted by Crippen LogP contribution is -2.17. The van der Waals surface area contributed by atoms with E-state index < -0.39 is 0 Å². The average Bonchev–Trinajstić information content (AvgIpc) is 2.94. The van der Waals surface area contributed by atoms with Crippen molar-refractivity contribution in [3.63, 3.8) is 0 Å². The molecule has 1 fully saturated rings. The van der Waals surface area contributed by atoms with Gasteiger partial charge in [0, 0.05) is 11.1 Å². The molecule has 13 heavy (non-hydrogen) atoms. The lowest BCUT2D eigenvalue weighted by atomic mass is 10.0. The van der Waals surface area contributed by atoms with Crippen molar-refractivity contribution in [2.45, 2.75) is 19.8 Å². The summed E-state index contributed by atoms with van der Waals surface area (Å²) in [6.45, 7) is 5.79. The van der Waals surface area contributed by atoms with Gasteiger partial charge < -0.3 is 5.11 Å². The van der Waals surface area contributed by atoms with Crippen molar-refractivity contribution in [2.24, 2.45) is 10.4 Å². The lowest BCUT2D eigenvalue weighted by Gasteiger charge is -2.11. The molecule has 0 aliphatic heterocycles. The highest BCUT2D eigenvalue weighted by Crippen LogP contribution is 2.47. The number of aliphatic hydroxyl groups excluding tert-OH is 1. The van der Waals surface area contributed by atoms with Crippen molar-refractivity contribution in [3.8, 4) is 0 Å². The number of halogens is 1. The Labute approximate surface area is 87.2 Å². The molecule has 0 aromatic carbocycles. The number of rotatable bonds is 4. The summed E-state index contributed by atoms with van der Waals surface area (Å²) in [6.07, 6.45) is 5.63. The monoisotopic (exact) mass is 243 g/mol. The van der Waals surface area contributed by atoms with Crippen molar-refractivity contribution < 1.29 is 5.11 Å². The van der Waals surface area contributed by atoms with E-state index >= 15 is 0 Å². The Morgan fingerprint density at radius 3 is 2.62 bits per heavy atom. The molecular formula is C10H14BrNO. The van der Waals surface area contributed by atoms with Crippen molar-refractivity contribution in [3.05, 3.63) is 23.3 Å². The van der Waals surface area contributed by atoms with E-state index in [0.29, 0.717) is 0 Å². The highest BCUT2D eigenvalue weighted by Gasteiger charge is 2.45. The van der Waals surface area contributed by atoms with Gasteiger partial charge in [0.1, 0.15) is 4.61 Å². The molecule has 2 nitrogen and oxygen atoms in total. The quantitative estimate of drug-likeness (QED) is 0.598. The highest BCUT2D eigenvalue weighted by molar-refractivity contribution is 9.11. The Bertz CT molecular complexity index is 264. The second kappa shape index (κ2) is 4.20. The molecule has 1 aliphatic rings. The summed E-state index contributed by atoms with van der Waals surface area (Å²) in [7, 11) is 0. The van der Waals surface area contributed by atoms with Crippen molar-refractivity contribution >= 4 is 21.6 Å². The maximum Gasteiger partial charge on any atom is 0.102 e. The molecule has 3 heteroatoms. The van der Waals surface area contributed by atoms with Crippen LogP contribution < -0.4 is 0 Å². The largest absolute Gasteiger partial charge is 0.395 e. The topological polar surface area (TPSA) is 32.6 Å². The number of nitrogens with zero attached hydrogens (tertiary/aromatic N) is 1. The van der Waals surface area contributed by atoms with E-state index in [2.05, 4.69) is 27.5 Å². The molecule has 1 saturated carbocycles. The molecule has 72 valence electrons. The van der Waals surface area contributed by atoms with E-state index in [-0.39, 0.29) is 12.0 Å². The first-order valence-electron chi connectivity index (χ1n) is 4.33. The molecular weight excluding hydrogens is 230 g/mol. The number of hydrogen-bond acceptors (Lipinski definition) is 2. The van der Waals surface area contributed by atoms with Crippen LogP contribution in [0, 0.1) is 5.41 Å². The zero-order valence-electron chi connectivity index (χ0n) is 7.76. The molecule has 0 bridgehead atoms. The van der Waals surface area contributed by atoms with E-state index in [1.165, 1.54) is 0 Å². The van der Waals surface area contributed by atoms with Crippen LogP contribution in [0.1, 0.15) is 19.8 Å². The minimum absolute atomic E-state index is 0.0935. The molecule has 0 atom stereocenters. The molecule has 0 unspecified atom stereocenters. The highest BCUT2D eigenvalue weighted by atomic mass is 79.9.